The second-order valence-corrected chi connectivity index (χ2v) is 8.43. The van der Waals surface area contributed by atoms with Crippen LogP contribution < -0.4 is 15.0 Å². The molecule has 0 saturated carbocycles. The molecule has 1 aromatic carbocycles. The lowest BCUT2D eigenvalue weighted by Crippen LogP contribution is -2.38. The molecule has 0 amide bonds. The summed E-state index contributed by atoms with van der Waals surface area (Å²) in [5.41, 5.74) is 3.10. The van der Waals surface area contributed by atoms with Crippen molar-refractivity contribution in [3.05, 3.63) is 53.4 Å². The highest BCUT2D eigenvalue weighted by molar-refractivity contribution is 5.73. The quantitative estimate of drug-likeness (QED) is 0.658. The first kappa shape index (κ1) is 20.6. The van der Waals surface area contributed by atoms with Crippen molar-refractivity contribution >= 4 is 17.5 Å². The van der Waals surface area contributed by atoms with E-state index in [2.05, 4.69) is 25.2 Å². The molecule has 0 fully saturated rings. The molecule has 4 heterocycles. The van der Waals surface area contributed by atoms with Gasteiger partial charge in [-0.05, 0) is 44.7 Å². The number of pyridine rings is 1. The lowest BCUT2D eigenvalue weighted by Gasteiger charge is -2.34. The van der Waals surface area contributed by atoms with Crippen molar-refractivity contribution in [2.24, 2.45) is 0 Å². The number of nitrogens with zero attached hydrogens (tertiary/aromatic N) is 5. The SMILES string of the molecule is CC(C)N1CCOc2c(F)cc(-c3nc(Nc4ccc5c(n4)CN(C)C5)ncc3F)cc21. The molecule has 0 atom stereocenters. The Hall–Kier alpha value is -3.33. The number of fused-ring (bicyclic) bond motifs is 2. The topological polar surface area (TPSA) is 66.4 Å². The zero-order valence-corrected chi connectivity index (χ0v) is 18.2. The van der Waals surface area contributed by atoms with Crippen LogP contribution in [0, 0.1) is 11.6 Å². The largest absolute Gasteiger partial charge is 0.486 e. The van der Waals surface area contributed by atoms with Gasteiger partial charge in [0.25, 0.3) is 0 Å². The smallest absolute Gasteiger partial charge is 0.229 e. The van der Waals surface area contributed by atoms with Crippen molar-refractivity contribution < 1.29 is 13.5 Å². The summed E-state index contributed by atoms with van der Waals surface area (Å²) in [7, 11) is 2.04. The summed E-state index contributed by atoms with van der Waals surface area (Å²) in [6.07, 6.45) is 1.08. The van der Waals surface area contributed by atoms with Crippen molar-refractivity contribution in [1.82, 2.24) is 19.9 Å². The molecule has 2 aromatic heterocycles. The minimum atomic E-state index is -0.633. The lowest BCUT2D eigenvalue weighted by atomic mass is 10.1. The summed E-state index contributed by atoms with van der Waals surface area (Å²) in [5, 5.41) is 3.04. The van der Waals surface area contributed by atoms with Crippen molar-refractivity contribution in [3.8, 4) is 17.0 Å². The number of nitrogens with one attached hydrogen (secondary N) is 1. The van der Waals surface area contributed by atoms with Crippen LogP contribution in [0.25, 0.3) is 11.3 Å². The van der Waals surface area contributed by atoms with Gasteiger partial charge >= 0.3 is 0 Å². The van der Waals surface area contributed by atoms with Crippen LogP contribution in [0.15, 0.2) is 30.5 Å². The van der Waals surface area contributed by atoms with E-state index in [0.29, 0.717) is 30.2 Å². The highest BCUT2D eigenvalue weighted by Gasteiger charge is 2.26. The average molecular weight is 438 g/mol. The van der Waals surface area contributed by atoms with E-state index in [1.54, 1.807) is 6.07 Å². The van der Waals surface area contributed by atoms with Gasteiger partial charge in [0.2, 0.25) is 5.95 Å². The highest BCUT2D eigenvalue weighted by Crippen LogP contribution is 2.39. The molecule has 0 bridgehead atoms. The Morgan fingerprint density at radius 2 is 1.94 bits per heavy atom. The van der Waals surface area contributed by atoms with Crippen LogP contribution in [0.2, 0.25) is 0 Å². The molecule has 0 spiro atoms. The van der Waals surface area contributed by atoms with Gasteiger partial charge < -0.3 is 15.0 Å². The van der Waals surface area contributed by atoms with Gasteiger partial charge in [-0.3, -0.25) is 4.90 Å². The van der Waals surface area contributed by atoms with Crippen molar-refractivity contribution in [1.29, 1.82) is 0 Å². The minimum absolute atomic E-state index is 0.0133. The van der Waals surface area contributed by atoms with Gasteiger partial charge in [-0.2, -0.15) is 0 Å². The molecule has 0 unspecified atom stereocenters. The fraction of sp³-hybridized carbons (Fsp3) is 0.348. The van der Waals surface area contributed by atoms with Gasteiger partial charge in [0.1, 0.15) is 18.1 Å². The molecule has 3 aromatic rings. The summed E-state index contributed by atoms with van der Waals surface area (Å²) in [6.45, 7) is 6.71. The fourth-order valence-corrected chi connectivity index (χ4v) is 4.20. The second-order valence-electron chi connectivity index (χ2n) is 8.43. The molecule has 32 heavy (non-hydrogen) atoms. The molecule has 0 radical (unpaired) electrons. The van der Waals surface area contributed by atoms with Crippen LogP contribution in [0.5, 0.6) is 5.75 Å². The number of halogens is 2. The van der Waals surface area contributed by atoms with E-state index >= 15 is 0 Å². The Labute approximate surface area is 185 Å². The molecule has 2 aliphatic rings. The van der Waals surface area contributed by atoms with Gasteiger partial charge in [0.15, 0.2) is 17.4 Å². The fourth-order valence-electron chi connectivity index (χ4n) is 4.20. The third-order valence-corrected chi connectivity index (χ3v) is 5.72. The average Bonchev–Trinajstić information content (AvgIpc) is 3.14. The number of anilines is 3. The monoisotopic (exact) mass is 438 g/mol. The number of hydrogen-bond acceptors (Lipinski definition) is 7. The molecule has 0 aliphatic carbocycles. The summed E-state index contributed by atoms with van der Waals surface area (Å²) >= 11 is 0. The molecule has 2 aliphatic heterocycles. The van der Waals surface area contributed by atoms with Gasteiger partial charge in [-0.25, -0.2) is 23.7 Å². The lowest BCUT2D eigenvalue weighted by molar-refractivity contribution is 0.287. The number of ether oxygens (including phenoxy) is 1. The Morgan fingerprint density at radius 3 is 2.75 bits per heavy atom. The summed E-state index contributed by atoms with van der Waals surface area (Å²) < 4.78 is 35.1. The molecule has 7 nitrogen and oxygen atoms in total. The van der Waals surface area contributed by atoms with Crippen molar-refractivity contribution in [3.63, 3.8) is 0 Å². The molecule has 166 valence electrons. The maximum absolute atomic E-state index is 14.8. The summed E-state index contributed by atoms with van der Waals surface area (Å²) in [4.78, 5) is 17.2. The van der Waals surface area contributed by atoms with E-state index in [4.69, 9.17) is 4.74 Å². The first-order valence-corrected chi connectivity index (χ1v) is 10.6. The zero-order valence-electron chi connectivity index (χ0n) is 18.2. The molecule has 0 saturated heterocycles. The van der Waals surface area contributed by atoms with E-state index in [1.807, 2.05) is 37.9 Å². The number of hydrogen-bond donors (Lipinski definition) is 1. The van der Waals surface area contributed by atoms with Crippen LogP contribution in [0.3, 0.4) is 0 Å². The molecular formula is C23H24F2N6O. The zero-order chi connectivity index (χ0) is 22.4. The summed E-state index contributed by atoms with van der Waals surface area (Å²) in [5.74, 6) is -0.220. The van der Waals surface area contributed by atoms with E-state index in [0.717, 1.165) is 25.0 Å². The van der Waals surface area contributed by atoms with Gasteiger partial charge in [-0.15, -0.1) is 0 Å². The predicted molar refractivity (Wildman–Crippen MR) is 118 cm³/mol. The first-order chi connectivity index (χ1) is 15.4. The van der Waals surface area contributed by atoms with Crippen molar-refractivity contribution in [2.45, 2.75) is 33.0 Å². The van der Waals surface area contributed by atoms with Crippen molar-refractivity contribution in [2.75, 3.05) is 30.4 Å². The Bertz CT molecular complexity index is 1190. The highest BCUT2D eigenvalue weighted by atomic mass is 19.1. The number of benzene rings is 1. The van der Waals surface area contributed by atoms with E-state index in [9.17, 15) is 8.78 Å². The predicted octanol–water partition coefficient (Wildman–Crippen LogP) is 4.11. The van der Waals surface area contributed by atoms with E-state index in [1.165, 1.54) is 11.6 Å². The molecule has 1 N–H and O–H groups in total. The molecular weight excluding hydrogens is 414 g/mol. The standard InChI is InChI=1S/C23H24F2N6O/c1-13(2)31-6-7-32-22-16(24)8-15(9-19(22)31)21-17(25)10-26-23(29-21)28-20-5-4-14-11-30(3)12-18(14)27-20/h4-5,8-10,13H,6-7,11-12H2,1-3H3,(H,26,27,28,29). The maximum Gasteiger partial charge on any atom is 0.229 e. The van der Waals surface area contributed by atoms with Crippen LogP contribution in [0.4, 0.5) is 26.2 Å². The molecule has 5 rings (SSSR count). The Balaban J connectivity index is 1.49. The van der Waals surface area contributed by atoms with Crippen LogP contribution in [-0.4, -0.2) is 46.1 Å². The second kappa shape index (κ2) is 7.98. The summed E-state index contributed by atoms with van der Waals surface area (Å²) in [6, 6.07) is 6.97. The van der Waals surface area contributed by atoms with E-state index in [-0.39, 0.29) is 23.4 Å². The van der Waals surface area contributed by atoms with Gasteiger partial charge in [0.05, 0.1) is 24.1 Å². The van der Waals surface area contributed by atoms with Crippen LogP contribution in [0.1, 0.15) is 25.1 Å². The van der Waals surface area contributed by atoms with Gasteiger partial charge in [-0.1, -0.05) is 6.07 Å². The normalized spacial score (nSPS) is 15.5. The Morgan fingerprint density at radius 1 is 1.09 bits per heavy atom. The minimum Gasteiger partial charge on any atom is -0.486 e. The van der Waals surface area contributed by atoms with Gasteiger partial charge in [0, 0.05) is 24.7 Å². The maximum atomic E-state index is 14.8. The third kappa shape index (κ3) is 3.73. The van der Waals surface area contributed by atoms with E-state index < -0.39 is 11.6 Å². The Kier molecular flexibility index (Phi) is 5.13. The van der Waals surface area contributed by atoms with Crippen LogP contribution >= 0.6 is 0 Å². The molecule has 9 heteroatoms. The number of aromatic nitrogens is 3. The number of rotatable bonds is 4. The third-order valence-electron chi connectivity index (χ3n) is 5.72. The van der Waals surface area contributed by atoms with Crippen LogP contribution in [-0.2, 0) is 13.1 Å². The first-order valence-electron chi connectivity index (χ1n) is 10.6.